The van der Waals surface area contributed by atoms with Crippen LogP contribution < -0.4 is 5.32 Å². The molecule has 31 heavy (non-hydrogen) atoms. The maximum absolute atomic E-state index is 12.5. The standard InChI is InChI=1S/C23H27NO6S/c1-6-29-22(27)19-15(5)20(23(28)30-13(2)3)31-21(19)24-18(26)12-11-17(25)16-9-7-14(4)8-10-16/h7-10,13H,6,11-12H2,1-5H3,(H,24,26). The fourth-order valence-corrected chi connectivity index (χ4v) is 3.91. The van der Waals surface area contributed by atoms with Gasteiger partial charge in [-0.3, -0.25) is 9.59 Å². The molecule has 0 fully saturated rings. The number of benzene rings is 1. The molecule has 166 valence electrons. The summed E-state index contributed by atoms with van der Waals surface area (Å²) in [5.41, 5.74) is 2.10. The molecule has 0 unspecified atom stereocenters. The van der Waals surface area contributed by atoms with Crippen molar-refractivity contribution in [2.75, 3.05) is 11.9 Å². The number of aryl methyl sites for hydroxylation is 1. The summed E-state index contributed by atoms with van der Waals surface area (Å²) in [4.78, 5) is 49.8. The third-order valence-electron chi connectivity index (χ3n) is 4.36. The molecule has 2 rings (SSSR count). The number of hydrogen-bond donors (Lipinski definition) is 1. The third-order valence-corrected chi connectivity index (χ3v) is 5.55. The van der Waals surface area contributed by atoms with Crippen molar-refractivity contribution in [3.8, 4) is 0 Å². The van der Waals surface area contributed by atoms with Gasteiger partial charge >= 0.3 is 11.9 Å². The molecule has 0 aliphatic carbocycles. The zero-order chi connectivity index (χ0) is 23.1. The smallest absolute Gasteiger partial charge is 0.348 e. The number of ether oxygens (including phenoxy) is 2. The fraction of sp³-hybridized carbons (Fsp3) is 0.391. The van der Waals surface area contributed by atoms with Gasteiger partial charge in [0.05, 0.1) is 18.3 Å². The van der Waals surface area contributed by atoms with Crippen LogP contribution in [0.1, 0.15) is 75.1 Å². The highest BCUT2D eigenvalue weighted by atomic mass is 32.1. The average Bonchev–Trinajstić information content (AvgIpc) is 3.02. The number of nitrogens with one attached hydrogen (secondary N) is 1. The topological polar surface area (TPSA) is 98.8 Å². The van der Waals surface area contributed by atoms with Crippen LogP contribution in [0, 0.1) is 13.8 Å². The first-order chi connectivity index (χ1) is 14.6. The van der Waals surface area contributed by atoms with Gasteiger partial charge in [0.2, 0.25) is 5.91 Å². The maximum Gasteiger partial charge on any atom is 0.348 e. The number of esters is 2. The molecule has 1 amide bonds. The highest BCUT2D eigenvalue weighted by molar-refractivity contribution is 7.18. The lowest BCUT2D eigenvalue weighted by Gasteiger charge is -2.07. The number of ketones is 1. The average molecular weight is 446 g/mol. The van der Waals surface area contributed by atoms with E-state index in [2.05, 4.69) is 5.32 Å². The molecule has 2 aromatic rings. The van der Waals surface area contributed by atoms with Crippen LogP contribution >= 0.6 is 11.3 Å². The highest BCUT2D eigenvalue weighted by Gasteiger charge is 2.27. The molecule has 7 nitrogen and oxygen atoms in total. The summed E-state index contributed by atoms with van der Waals surface area (Å²) in [6, 6.07) is 7.13. The Morgan fingerprint density at radius 2 is 1.65 bits per heavy atom. The molecule has 0 spiro atoms. The largest absolute Gasteiger partial charge is 0.462 e. The van der Waals surface area contributed by atoms with Crippen LogP contribution in [0.5, 0.6) is 0 Å². The minimum absolute atomic E-state index is 0.0240. The molecule has 1 aromatic heterocycles. The van der Waals surface area contributed by atoms with E-state index in [1.165, 1.54) is 0 Å². The van der Waals surface area contributed by atoms with Crippen LogP contribution in [0.3, 0.4) is 0 Å². The lowest BCUT2D eigenvalue weighted by Crippen LogP contribution is -2.16. The van der Waals surface area contributed by atoms with Gasteiger partial charge in [-0.25, -0.2) is 9.59 Å². The first-order valence-electron chi connectivity index (χ1n) is 10.0. The van der Waals surface area contributed by atoms with E-state index in [4.69, 9.17) is 9.47 Å². The van der Waals surface area contributed by atoms with Crippen LogP contribution in [0.4, 0.5) is 5.00 Å². The van der Waals surface area contributed by atoms with Crippen molar-refractivity contribution >= 4 is 40.0 Å². The van der Waals surface area contributed by atoms with Gasteiger partial charge in [0.25, 0.3) is 0 Å². The van der Waals surface area contributed by atoms with Crippen molar-refractivity contribution in [2.45, 2.75) is 53.6 Å². The Hall–Kier alpha value is -3.00. The SMILES string of the molecule is CCOC(=O)c1c(NC(=O)CCC(=O)c2ccc(C)cc2)sc(C(=O)OC(C)C)c1C. The van der Waals surface area contributed by atoms with E-state index < -0.39 is 17.8 Å². The third kappa shape index (κ3) is 6.49. The fourth-order valence-electron chi connectivity index (χ4n) is 2.81. The molecular weight excluding hydrogens is 418 g/mol. The van der Waals surface area contributed by atoms with Crippen LogP contribution in [0.15, 0.2) is 24.3 Å². The number of Topliss-reactive ketones (excluding diaryl/α,β-unsaturated/α-hetero) is 1. The predicted molar refractivity (Wildman–Crippen MR) is 119 cm³/mol. The van der Waals surface area contributed by atoms with Crippen LogP contribution in [-0.2, 0) is 14.3 Å². The van der Waals surface area contributed by atoms with E-state index in [0.717, 1.165) is 16.9 Å². The molecule has 0 aliphatic heterocycles. The summed E-state index contributed by atoms with van der Waals surface area (Å²) >= 11 is 0.959. The van der Waals surface area contributed by atoms with Crippen LogP contribution in [-0.4, -0.2) is 36.3 Å². The highest BCUT2D eigenvalue weighted by Crippen LogP contribution is 2.34. The van der Waals surface area contributed by atoms with E-state index in [1.54, 1.807) is 39.8 Å². The van der Waals surface area contributed by atoms with Gasteiger partial charge in [-0.05, 0) is 40.2 Å². The lowest BCUT2D eigenvalue weighted by atomic mass is 10.0. The normalized spacial score (nSPS) is 10.6. The zero-order valence-electron chi connectivity index (χ0n) is 18.4. The summed E-state index contributed by atoms with van der Waals surface area (Å²) in [6.45, 7) is 8.80. The van der Waals surface area contributed by atoms with Gasteiger partial charge in [0.15, 0.2) is 5.78 Å². The molecule has 8 heteroatoms. The summed E-state index contributed by atoms with van der Waals surface area (Å²) in [7, 11) is 0. The maximum atomic E-state index is 12.5. The van der Waals surface area contributed by atoms with Crippen LogP contribution in [0.25, 0.3) is 0 Å². The second-order valence-electron chi connectivity index (χ2n) is 7.27. The quantitative estimate of drug-likeness (QED) is 0.443. The minimum atomic E-state index is -0.633. The number of thiophene rings is 1. The van der Waals surface area contributed by atoms with Gasteiger partial charge in [0, 0.05) is 18.4 Å². The summed E-state index contributed by atoms with van der Waals surface area (Å²) in [6.07, 6.45) is -0.362. The van der Waals surface area contributed by atoms with Crippen LogP contribution in [0.2, 0.25) is 0 Å². The first kappa shape index (κ1) is 24.3. The number of amides is 1. The zero-order valence-corrected chi connectivity index (χ0v) is 19.2. The lowest BCUT2D eigenvalue weighted by molar-refractivity contribution is -0.116. The number of carbonyl (C=O) groups excluding carboxylic acids is 4. The van der Waals surface area contributed by atoms with Gasteiger partial charge in [-0.1, -0.05) is 29.8 Å². The second-order valence-corrected chi connectivity index (χ2v) is 8.29. The molecule has 1 N–H and O–H groups in total. The summed E-state index contributed by atoms with van der Waals surface area (Å²) < 4.78 is 10.3. The molecule has 0 saturated heterocycles. The monoisotopic (exact) mass is 445 g/mol. The van der Waals surface area contributed by atoms with Gasteiger partial charge in [-0.2, -0.15) is 0 Å². The van der Waals surface area contributed by atoms with Gasteiger partial charge < -0.3 is 14.8 Å². The molecule has 1 heterocycles. The molecule has 0 atom stereocenters. The van der Waals surface area contributed by atoms with Crippen molar-refractivity contribution < 1.29 is 28.7 Å². The predicted octanol–water partition coefficient (Wildman–Crippen LogP) is 4.71. The van der Waals surface area contributed by atoms with E-state index in [-0.39, 0.29) is 46.8 Å². The number of carbonyl (C=O) groups is 4. The number of hydrogen-bond acceptors (Lipinski definition) is 7. The van der Waals surface area contributed by atoms with Crippen molar-refractivity contribution in [3.63, 3.8) is 0 Å². The Morgan fingerprint density at radius 3 is 2.23 bits per heavy atom. The van der Waals surface area contributed by atoms with Gasteiger partial charge in [-0.15, -0.1) is 11.3 Å². The van der Waals surface area contributed by atoms with Crippen molar-refractivity contribution in [2.24, 2.45) is 0 Å². The van der Waals surface area contributed by atoms with E-state index in [0.29, 0.717) is 11.1 Å². The van der Waals surface area contributed by atoms with Crippen molar-refractivity contribution in [1.82, 2.24) is 0 Å². The first-order valence-corrected chi connectivity index (χ1v) is 10.9. The Morgan fingerprint density at radius 1 is 1.00 bits per heavy atom. The minimum Gasteiger partial charge on any atom is -0.462 e. The molecular formula is C23H27NO6S. The van der Waals surface area contributed by atoms with E-state index in [9.17, 15) is 19.2 Å². The number of rotatable bonds is 9. The Bertz CT molecular complexity index is 975. The van der Waals surface area contributed by atoms with E-state index >= 15 is 0 Å². The summed E-state index contributed by atoms with van der Waals surface area (Å²) in [5.74, 6) is -1.79. The molecule has 0 radical (unpaired) electrons. The molecule has 0 aliphatic rings. The Labute approximate surface area is 185 Å². The van der Waals surface area contributed by atoms with Crippen molar-refractivity contribution in [3.05, 3.63) is 51.4 Å². The molecule has 0 bridgehead atoms. The molecule has 0 saturated carbocycles. The Kier molecular flexibility index (Phi) is 8.50. The Balaban J connectivity index is 2.16. The number of anilines is 1. The molecule has 1 aromatic carbocycles. The van der Waals surface area contributed by atoms with Gasteiger partial charge in [0.1, 0.15) is 9.88 Å². The second kappa shape index (κ2) is 10.9. The van der Waals surface area contributed by atoms with Crippen molar-refractivity contribution in [1.29, 1.82) is 0 Å². The summed E-state index contributed by atoms with van der Waals surface area (Å²) in [5, 5.41) is 2.86. The van der Waals surface area contributed by atoms with E-state index in [1.807, 2.05) is 19.1 Å².